The van der Waals surface area contributed by atoms with Gasteiger partial charge in [-0.3, -0.25) is 9.78 Å². The first-order valence-electron chi connectivity index (χ1n) is 6.71. The first-order chi connectivity index (χ1) is 10.2. The quantitative estimate of drug-likeness (QED) is 0.687. The molecule has 21 heavy (non-hydrogen) atoms. The lowest BCUT2D eigenvalue weighted by atomic mass is 10.1. The molecule has 0 atom stereocenters. The molecule has 0 aliphatic heterocycles. The van der Waals surface area contributed by atoms with E-state index in [0.29, 0.717) is 25.2 Å². The minimum Gasteiger partial charge on any atom is -0.496 e. The van der Waals surface area contributed by atoms with Gasteiger partial charge in [-0.05, 0) is 18.1 Å². The number of rotatable bonds is 7. The zero-order chi connectivity index (χ0) is 15.1. The van der Waals surface area contributed by atoms with Crippen LogP contribution in [0.2, 0.25) is 0 Å². The normalized spacial score (nSPS) is 10.3. The summed E-state index contributed by atoms with van der Waals surface area (Å²) < 4.78 is 5.25. The Morgan fingerprint density at radius 3 is 2.86 bits per heavy atom. The van der Waals surface area contributed by atoms with Gasteiger partial charge in [0.25, 0.3) is 0 Å². The highest BCUT2D eigenvalue weighted by atomic mass is 16.5. The average molecular weight is 290 g/mol. The predicted octanol–water partition coefficient (Wildman–Crippen LogP) is 0.398. The van der Waals surface area contributed by atoms with Crippen LogP contribution in [0.15, 0.2) is 29.1 Å². The number of nitrogens with one attached hydrogen (secondary N) is 3. The van der Waals surface area contributed by atoms with Gasteiger partial charge in [-0.2, -0.15) is 5.10 Å². The van der Waals surface area contributed by atoms with Gasteiger partial charge in [0, 0.05) is 19.4 Å². The third-order valence-corrected chi connectivity index (χ3v) is 3.05. The van der Waals surface area contributed by atoms with E-state index in [-0.39, 0.29) is 18.0 Å². The number of ether oxygens (including phenoxy) is 1. The van der Waals surface area contributed by atoms with Crippen LogP contribution in [-0.2, 0) is 17.6 Å². The highest BCUT2D eigenvalue weighted by Crippen LogP contribution is 2.17. The molecule has 2 rings (SSSR count). The Kier molecular flexibility index (Phi) is 5.14. The van der Waals surface area contributed by atoms with Crippen molar-refractivity contribution < 1.29 is 9.53 Å². The summed E-state index contributed by atoms with van der Waals surface area (Å²) in [6.07, 6.45) is 1.39. The molecule has 1 heterocycles. The molecule has 0 aliphatic rings. The van der Waals surface area contributed by atoms with Crippen LogP contribution in [0.1, 0.15) is 17.8 Å². The van der Waals surface area contributed by atoms with Crippen molar-refractivity contribution in [2.75, 3.05) is 13.7 Å². The summed E-state index contributed by atoms with van der Waals surface area (Å²) in [5.41, 5.74) is 0.693. The van der Waals surface area contributed by atoms with Crippen LogP contribution in [0.25, 0.3) is 0 Å². The van der Waals surface area contributed by atoms with E-state index in [1.54, 1.807) is 7.11 Å². The molecule has 7 nitrogen and oxygen atoms in total. The maximum Gasteiger partial charge on any atom is 0.340 e. The number of methoxy groups -OCH3 is 1. The van der Waals surface area contributed by atoms with E-state index in [9.17, 15) is 9.59 Å². The largest absolute Gasteiger partial charge is 0.496 e. The van der Waals surface area contributed by atoms with Crippen molar-refractivity contribution in [3.05, 3.63) is 46.1 Å². The monoisotopic (exact) mass is 290 g/mol. The summed E-state index contributed by atoms with van der Waals surface area (Å²) in [4.78, 5) is 25.0. The van der Waals surface area contributed by atoms with Gasteiger partial charge in [-0.1, -0.05) is 18.2 Å². The maximum absolute atomic E-state index is 11.7. The Balaban J connectivity index is 1.73. The van der Waals surface area contributed by atoms with Gasteiger partial charge < -0.3 is 10.1 Å². The molecule has 1 amide bonds. The molecule has 0 saturated carbocycles. The third-order valence-electron chi connectivity index (χ3n) is 3.05. The smallest absolute Gasteiger partial charge is 0.340 e. The number of carbonyl (C=O) groups excluding carboxylic acids is 1. The molecule has 0 fully saturated rings. The SMILES string of the molecule is COc1ccccc1CCNC(=O)CCc1n[nH]c(=O)[nH]1. The van der Waals surface area contributed by atoms with Crippen molar-refractivity contribution in [1.82, 2.24) is 20.5 Å². The van der Waals surface area contributed by atoms with Crippen molar-refractivity contribution in [1.29, 1.82) is 0 Å². The first-order valence-corrected chi connectivity index (χ1v) is 6.71. The molecule has 112 valence electrons. The average Bonchev–Trinajstić information content (AvgIpc) is 2.91. The lowest BCUT2D eigenvalue weighted by Crippen LogP contribution is -2.26. The van der Waals surface area contributed by atoms with Crippen LogP contribution < -0.4 is 15.7 Å². The number of para-hydroxylation sites is 1. The summed E-state index contributed by atoms with van der Waals surface area (Å²) in [6.45, 7) is 0.538. The lowest BCUT2D eigenvalue weighted by Gasteiger charge is -2.08. The minimum atomic E-state index is -0.360. The second-order valence-electron chi connectivity index (χ2n) is 4.54. The minimum absolute atomic E-state index is 0.0752. The molecule has 0 radical (unpaired) electrons. The molecule has 3 N–H and O–H groups in total. The molecule has 1 aromatic carbocycles. The number of hydrogen-bond acceptors (Lipinski definition) is 4. The van der Waals surface area contributed by atoms with Crippen molar-refractivity contribution in [2.45, 2.75) is 19.3 Å². The number of carbonyl (C=O) groups is 1. The molecular formula is C14H18N4O3. The van der Waals surface area contributed by atoms with E-state index >= 15 is 0 Å². The van der Waals surface area contributed by atoms with E-state index in [2.05, 4.69) is 20.5 Å². The lowest BCUT2D eigenvalue weighted by molar-refractivity contribution is -0.121. The second-order valence-corrected chi connectivity index (χ2v) is 4.54. The van der Waals surface area contributed by atoms with Crippen molar-refractivity contribution in [2.24, 2.45) is 0 Å². The number of hydrogen-bond donors (Lipinski definition) is 3. The second kappa shape index (κ2) is 7.28. The number of aromatic amines is 2. The third kappa shape index (κ3) is 4.48. The fraction of sp³-hybridized carbons (Fsp3) is 0.357. The van der Waals surface area contributed by atoms with Gasteiger partial charge in [0.05, 0.1) is 7.11 Å². The van der Waals surface area contributed by atoms with Crippen molar-refractivity contribution >= 4 is 5.91 Å². The Bertz CT molecular complexity index is 647. The number of amides is 1. The van der Waals surface area contributed by atoms with Crippen LogP contribution in [0.4, 0.5) is 0 Å². The molecule has 0 unspecified atom stereocenters. The maximum atomic E-state index is 11.7. The molecule has 1 aromatic heterocycles. The zero-order valence-electron chi connectivity index (χ0n) is 11.8. The highest BCUT2D eigenvalue weighted by molar-refractivity contribution is 5.76. The molecule has 2 aromatic rings. The Hall–Kier alpha value is -2.57. The summed E-state index contributed by atoms with van der Waals surface area (Å²) in [5.74, 6) is 1.23. The topological polar surface area (TPSA) is 99.9 Å². The van der Waals surface area contributed by atoms with Gasteiger partial charge in [-0.25, -0.2) is 9.89 Å². The molecule has 7 heteroatoms. The Morgan fingerprint density at radius 2 is 2.14 bits per heavy atom. The number of aryl methyl sites for hydroxylation is 1. The summed E-state index contributed by atoms with van der Waals surface area (Å²) in [6, 6.07) is 7.71. The van der Waals surface area contributed by atoms with Crippen LogP contribution >= 0.6 is 0 Å². The van der Waals surface area contributed by atoms with Gasteiger partial charge in [0.15, 0.2) is 0 Å². The summed E-state index contributed by atoms with van der Waals surface area (Å²) >= 11 is 0. The Labute approximate surface area is 121 Å². The van der Waals surface area contributed by atoms with Gasteiger partial charge in [0.1, 0.15) is 11.6 Å². The molecule has 0 aliphatic carbocycles. The zero-order valence-corrected chi connectivity index (χ0v) is 11.8. The number of aromatic nitrogens is 3. The highest BCUT2D eigenvalue weighted by Gasteiger charge is 2.06. The van der Waals surface area contributed by atoms with Crippen LogP contribution in [0, 0.1) is 0 Å². The molecule has 0 saturated heterocycles. The molecular weight excluding hydrogens is 272 g/mol. The van der Waals surface area contributed by atoms with Crippen LogP contribution in [0.3, 0.4) is 0 Å². The van der Waals surface area contributed by atoms with Crippen LogP contribution in [0.5, 0.6) is 5.75 Å². The van der Waals surface area contributed by atoms with E-state index in [1.807, 2.05) is 24.3 Å². The van der Waals surface area contributed by atoms with Crippen LogP contribution in [-0.4, -0.2) is 34.7 Å². The van der Waals surface area contributed by atoms with Crippen molar-refractivity contribution in [3.63, 3.8) is 0 Å². The number of nitrogens with zero attached hydrogens (tertiary/aromatic N) is 1. The fourth-order valence-corrected chi connectivity index (χ4v) is 1.99. The van der Waals surface area contributed by atoms with Gasteiger partial charge in [0.2, 0.25) is 5.91 Å². The number of H-pyrrole nitrogens is 2. The van der Waals surface area contributed by atoms with E-state index in [4.69, 9.17) is 4.74 Å². The summed E-state index contributed by atoms with van der Waals surface area (Å²) in [5, 5.41) is 8.85. The van der Waals surface area contributed by atoms with Crippen molar-refractivity contribution in [3.8, 4) is 5.75 Å². The standard InChI is InChI=1S/C14H18N4O3/c1-21-11-5-3-2-4-10(11)8-9-15-13(19)7-6-12-16-14(20)18-17-12/h2-5H,6-9H2,1H3,(H,15,19)(H2,16,17,18,20). The first kappa shape index (κ1) is 14.8. The summed E-state index contributed by atoms with van der Waals surface area (Å²) in [7, 11) is 1.63. The molecule has 0 bridgehead atoms. The molecule has 0 spiro atoms. The number of benzene rings is 1. The predicted molar refractivity (Wildman–Crippen MR) is 77.2 cm³/mol. The van der Waals surface area contributed by atoms with E-state index in [0.717, 1.165) is 11.3 Å². The van der Waals surface area contributed by atoms with E-state index in [1.165, 1.54) is 0 Å². The van der Waals surface area contributed by atoms with Gasteiger partial charge in [-0.15, -0.1) is 0 Å². The Morgan fingerprint density at radius 1 is 1.33 bits per heavy atom. The van der Waals surface area contributed by atoms with E-state index < -0.39 is 0 Å². The fourth-order valence-electron chi connectivity index (χ4n) is 1.99. The van der Waals surface area contributed by atoms with Gasteiger partial charge >= 0.3 is 5.69 Å².